The maximum absolute atomic E-state index is 12.0. The first-order valence-electron chi connectivity index (χ1n) is 6.55. The van der Waals surface area contributed by atoms with Crippen LogP contribution in [0.15, 0.2) is 22.7 Å². The van der Waals surface area contributed by atoms with Crippen molar-refractivity contribution in [3.8, 4) is 5.75 Å². The van der Waals surface area contributed by atoms with Crippen molar-refractivity contribution in [2.24, 2.45) is 0 Å². The Bertz CT molecular complexity index is 553. The molecule has 1 aromatic carbocycles. The van der Waals surface area contributed by atoms with Crippen molar-refractivity contribution in [2.45, 2.75) is 13.0 Å². The topological polar surface area (TPSA) is 58.6 Å². The molecule has 1 heterocycles. The molecule has 7 heteroatoms. The van der Waals surface area contributed by atoms with Crippen molar-refractivity contribution in [2.75, 3.05) is 26.0 Å². The molecule has 1 atom stereocenters. The molecule has 0 saturated carbocycles. The van der Waals surface area contributed by atoms with Crippen molar-refractivity contribution in [3.63, 3.8) is 0 Å². The van der Waals surface area contributed by atoms with Crippen LogP contribution in [0.25, 0.3) is 0 Å². The van der Waals surface area contributed by atoms with E-state index >= 15 is 0 Å². The average molecular weight is 373 g/mol. The predicted octanol–water partition coefficient (Wildman–Crippen LogP) is 2.80. The van der Waals surface area contributed by atoms with E-state index in [0.717, 1.165) is 21.5 Å². The number of nitrogens with zero attached hydrogens (tertiary/aromatic N) is 1. The van der Waals surface area contributed by atoms with Gasteiger partial charge in [0.15, 0.2) is 0 Å². The Labute approximate surface area is 136 Å². The van der Waals surface area contributed by atoms with Crippen LogP contribution in [0, 0.1) is 0 Å². The number of hydrogen-bond donors (Lipinski definition) is 1. The summed E-state index contributed by atoms with van der Waals surface area (Å²) in [5, 5.41) is 2.88. The normalized spacial score (nSPS) is 16.0. The van der Waals surface area contributed by atoms with E-state index in [-0.39, 0.29) is 23.7 Å². The molecule has 21 heavy (non-hydrogen) atoms. The van der Waals surface area contributed by atoms with Crippen LogP contribution >= 0.6 is 27.7 Å². The number of carbonyl (C=O) groups excluding carboxylic acids is 2. The number of rotatable bonds is 5. The molecule has 0 aliphatic carbocycles. The predicted molar refractivity (Wildman–Crippen MR) is 86.7 cm³/mol. The zero-order valence-electron chi connectivity index (χ0n) is 11.9. The minimum Gasteiger partial charge on any atom is -0.496 e. The molecule has 0 aromatic heterocycles. The maximum atomic E-state index is 12.0. The summed E-state index contributed by atoms with van der Waals surface area (Å²) >= 11 is 4.68. The molecule has 114 valence electrons. The van der Waals surface area contributed by atoms with Gasteiger partial charge in [0.05, 0.1) is 17.6 Å². The van der Waals surface area contributed by atoms with Crippen LogP contribution < -0.4 is 10.1 Å². The first-order chi connectivity index (χ1) is 10.0. The fourth-order valence-electron chi connectivity index (χ4n) is 2.07. The fraction of sp³-hybridized carbons (Fsp3) is 0.429. The van der Waals surface area contributed by atoms with E-state index in [1.165, 1.54) is 11.8 Å². The first kappa shape index (κ1) is 16.2. The Balaban J connectivity index is 1.94. The minimum absolute atomic E-state index is 0.0232. The summed E-state index contributed by atoms with van der Waals surface area (Å²) in [6, 6.07) is 5.54. The van der Waals surface area contributed by atoms with Gasteiger partial charge in [-0.25, -0.2) is 0 Å². The zero-order chi connectivity index (χ0) is 15.4. The van der Waals surface area contributed by atoms with E-state index in [1.54, 1.807) is 12.0 Å². The number of carbonyl (C=O) groups is 2. The summed E-state index contributed by atoms with van der Waals surface area (Å²) in [4.78, 5) is 25.0. The number of thioether (sulfide) groups is 1. The molecule has 0 spiro atoms. The van der Waals surface area contributed by atoms with Gasteiger partial charge in [0.25, 0.3) is 5.24 Å². The number of nitrogens with one attached hydrogen (secondary N) is 1. The molecule has 2 amide bonds. The third kappa shape index (κ3) is 4.14. The number of methoxy groups -OCH3 is 1. The standard InChI is InChI=1S/C14H17BrN2O3S/c1-9(10-3-4-12(20-2)11(15)7-10)16-13(18)8-17-5-6-21-14(17)19/h3-4,7,9H,5-6,8H2,1-2H3,(H,16,18)/t9-/m1/s1. The molecule has 0 bridgehead atoms. The Morgan fingerprint density at radius 1 is 1.57 bits per heavy atom. The number of ether oxygens (including phenoxy) is 1. The Kier molecular flexibility index (Phi) is 5.52. The summed E-state index contributed by atoms with van der Waals surface area (Å²) < 4.78 is 6.02. The molecule has 1 N–H and O–H groups in total. The molecular formula is C14H17BrN2O3S. The lowest BCUT2D eigenvalue weighted by atomic mass is 10.1. The van der Waals surface area contributed by atoms with Gasteiger partial charge in [-0.05, 0) is 40.5 Å². The van der Waals surface area contributed by atoms with E-state index in [1.807, 2.05) is 25.1 Å². The van der Waals surface area contributed by atoms with Gasteiger partial charge in [-0.2, -0.15) is 0 Å². The third-order valence-electron chi connectivity index (χ3n) is 3.23. The second-order valence-electron chi connectivity index (χ2n) is 4.72. The lowest BCUT2D eigenvalue weighted by molar-refractivity contribution is -0.122. The summed E-state index contributed by atoms with van der Waals surface area (Å²) in [5.74, 6) is 1.36. The van der Waals surface area contributed by atoms with Crippen LogP contribution in [0.3, 0.4) is 0 Å². The maximum Gasteiger partial charge on any atom is 0.282 e. The molecule has 1 saturated heterocycles. The van der Waals surface area contributed by atoms with Crippen LogP contribution in [0.4, 0.5) is 4.79 Å². The van der Waals surface area contributed by atoms with E-state index < -0.39 is 0 Å². The highest BCUT2D eigenvalue weighted by molar-refractivity contribution is 9.10. The third-order valence-corrected chi connectivity index (χ3v) is 4.74. The second kappa shape index (κ2) is 7.17. The molecule has 0 unspecified atom stereocenters. The van der Waals surface area contributed by atoms with Gasteiger partial charge in [0.1, 0.15) is 12.3 Å². The molecule has 1 fully saturated rings. The van der Waals surface area contributed by atoms with Gasteiger partial charge in [0.2, 0.25) is 5.91 Å². The van der Waals surface area contributed by atoms with Crippen LogP contribution in [-0.2, 0) is 4.79 Å². The first-order valence-corrected chi connectivity index (χ1v) is 8.33. The lowest BCUT2D eigenvalue weighted by Crippen LogP contribution is -2.38. The summed E-state index contributed by atoms with van der Waals surface area (Å²) in [5.41, 5.74) is 0.971. The number of hydrogen-bond acceptors (Lipinski definition) is 4. The molecular weight excluding hydrogens is 356 g/mol. The SMILES string of the molecule is COc1ccc([C@@H](C)NC(=O)CN2CCSC2=O)cc1Br. The van der Waals surface area contributed by atoms with Gasteiger partial charge < -0.3 is 15.0 Å². The smallest absolute Gasteiger partial charge is 0.282 e. The summed E-state index contributed by atoms with van der Waals surface area (Å²) in [6.07, 6.45) is 0. The van der Waals surface area contributed by atoms with Crippen LogP contribution in [0.5, 0.6) is 5.75 Å². The minimum atomic E-state index is -0.148. The second-order valence-corrected chi connectivity index (χ2v) is 6.62. The average Bonchev–Trinajstić information content (AvgIpc) is 2.84. The van der Waals surface area contributed by atoms with Gasteiger partial charge in [-0.3, -0.25) is 9.59 Å². The highest BCUT2D eigenvalue weighted by atomic mass is 79.9. The van der Waals surface area contributed by atoms with E-state index in [9.17, 15) is 9.59 Å². The summed E-state index contributed by atoms with van der Waals surface area (Å²) in [7, 11) is 1.61. The highest BCUT2D eigenvalue weighted by Gasteiger charge is 2.23. The summed E-state index contributed by atoms with van der Waals surface area (Å²) in [6.45, 7) is 2.67. The molecule has 1 aromatic rings. The van der Waals surface area contributed by atoms with Gasteiger partial charge in [-0.15, -0.1) is 0 Å². The Morgan fingerprint density at radius 3 is 2.90 bits per heavy atom. The molecule has 0 radical (unpaired) electrons. The van der Waals surface area contributed by atoms with Crippen LogP contribution in [0.2, 0.25) is 0 Å². The van der Waals surface area contributed by atoms with Gasteiger partial charge >= 0.3 is 0 Å². The van der Waals surface area contributed by atoms with E-state index in [2.05, 4.69) is 21.2 Å². The van der Waals surface area contributed by atoms with Crippen molar-refractivity contribution in [1.82, 2.24) is 10.2 Å². The molecule has 5 nitrogen and oxygen atoms in total. The monoisotopic (exact) mass is 372 g/mol. The number of benzene rings is 1. The number of halogens is 1. The largest absolute Gasteiger partial charge is 0.496 e. The fourth-order valence-corrected chi connectivity index (χ4v) is 3.45. The quantitative estimate of drug-likeness (QED) is 0.863. The number of amides is 2. The van der Waals surface area contributed by atoms with Crippen molar-refractivity contribution in [1.29, 1.82) is 0 Å². The van der Waals surface area contributed by atoms with Crippen LogP contribution in [0.1, 0.15) is 18.5 Å². The Hall–Kier alpha value is -1.21. The van der Waals surface area contributed by atoms with Gasteiger partial charge in [-0.1, -0.05) is 17.8 Å². The lowest BCUT2D eigenvalue weighted by Gasteiger charge is -2.18. The molecule has 2 rings (SSSR count). The van der Waals surface area contributed by atoms with E-state index in [4.69, 9.17) is 4.74 Å². The zero-order valence-corrected chi connectivity index (χ0v) is 14.3. The Morgan fingerprint density at radius 2 is 2.33 bits per heavy atom. The van der Waals surface area contributed by atoms with Crippen LogP contribution in [-0.4, -0.2) is 42.0 Å². The van der Waals surface area contributed by atoms with Crippen molar-refractivity contribution < 1.29 is 14.3 Å². The highest BCUT2D eigenvalue weighted by Crippen LogP contribution is 2.28. The van der Waals surface area contributed by atoms with Crippen molar-refractivity contribution >= 4 is 38.8 Å². The van der Waals surface area contributed by atoms with E-state index in [0.29, 0.717) is 6.54 Å². The van der Waals surface area contributed by atoms with Crippen molar-refractivity contribution in [3.05, 3.63) is 28.2 Å². The molecule has 1 aliphatic heterocycles. The van der Waals surface area contributed by atoms with Gasteiger partial charge in [0, 0.05) is 12.3 Å². The molecule has 1 aliphatic rings.